The highest BCUT2D eigenvalue weighted by molar-refractivity contribution is 6.34. The normalized spacial score (nSPS) is 12.5. The van der Waals surface area contributed by atoms with Crippen LogP contribution in [0.15, 0.2) is 24.3 Å². The van der Waals surface area contributed by atoms with E-state index in [1.165, 1.54) is 0 Å². The highest BCUT2D eigenvalue weighted by atomic mass is 35.5. The van der Waals surface area contributed by atoms with Crippen LogP contribution in [0.3, 0.4) is 0 Å². The van der Waals surface area contributed by atoms with Crippen LogP contribution < -0.4 is 5.32 Å². The molecule has 3 rings (SSSR count). The Morgan fingerprint density at radius 2 is 2.04 bits per heavy atom. The van der Waals surface area contributed by atoms with E-state index >= 15 is 0 Å². The maximum atomic E-state index is 12.4. The van der Waals surface area contributed by atoms with Crippen molar-refractivity contribution < 1.29 is 4.79 Å². The number of nitrogens with zero attached hydrogens (tertiary/aromatic N) is 3. The number of aromatic amines is 1. The van der Waals surface area contributed by atoms with Gasteiger partial charge < -0.3 is 5.32 Å². The summed E-state index contributed by atoms with van der Waals surface area (Å²) in [7, 11) is 0. The molecule has 1 amide bonds. The van der Waals surface area contributed by atoms with Gasteiger partial charge in [-0.15, -0.1) is 5.10 Å². The van der Waals surface area contributed by atoms with Crippen LogP contribution in [0.5, 0.6) is 0 Å². The molecular weight excluding hydrogens is 350 g/mol. The predicted molar refractivity (Wildman–Crippen MR) is 104 cm³/mol. The largest absolute Gasteiger partial charge is 0.326 e. The number of H-pyrrole nitrogens is 1. The lowest BCUT2D eigenvalue weighted by molar-refractivity contribution is -0.120. The van der Waals surface area contributed by atoms with E-state index in [1.54, 1.807) is 4.63 Å². The van der Waals surface area contributed by atoms with E-state index in [-0.39, 0.29) is 11.8 Å². The van der Waals surface area contributed by atoms with Crippen molar-refractivity contribution >= 4 is 28.8 Å². The lowest BCUT2D eigenvalue weighted by atomic mass is 9.98. The Morgan fingerprint density at radius 1 is 1.31 bits per heavy atom. The maximum Gasteiger partial charge on any atom is 0.227 e. The van der Waals surface area contributed by atoms with Crippen LogP contribution in [0.4, 0.5) is 5.69 Å². The van der Waals surface area contributed by atoms with E-state index in [1.807, 2.05) is 31.2 Å². The van der Waals surface area contributed by atoms with Gasteiger partial charge in [-0.05, 0) is 44.0 Å². The number of fused-ring (bicyclic) bond motifs is 1. The summed E-state index contributed by atoms with van der Waals surface area (Å²) in [5, 5.41) is 11.0. The van der Waals surface area contributed by atoms with Crippen LogP contribution in [0.2, 0.25) is 5.02 Å². The van der Waals surface area contributed by atoms with E-state index in [4.69, 9.17) is 11.6 Å². The third kappa shape index (κ3) is 3.75. The Kier molecular flexibility index (Phi) is 5.61. The molecule has 0 fully saturated rings. The number of carbonyl (C=O) groups excluding carboxylic acids is 1. The fraction of sp³-hybridized carbons (Fsp3) is 0.421. The van der Waals surface area contributed by atoms with Crippen LogP contribution in [-0.4, -0.2) is 25.7 Å². The molecule has 3 aromatic rings. The predicted octanol–water partition coefficient (Wildman–Crippen LogP) is 4.84. The molecule has 1 atom stereocenters. The molecule has 2 heterocycles. The van der Waals surface area contributed by atoms with Gasteiger partial charge in [0.2, 0.25) is 5.91 Å². The minimum Gasteiger partial charge on any atom is -0.326 e. The molecule has 0 spiro atoms. The van der Waals surface area contributed by atoms with Crippen molar-refractivity contribution in [3.8, 4) is 11.4 Å². The third-order valence-corrected chi connectivity index (χ3v) is 5.04. The standard InChI is InChI=1S/C19H24ClN5O/c1-4-6-7-13(5-2)19(26)21-15-10-8-14(9-11-15)17-22-18-16(20)12(3)23-25(18)24-17/h8-11,13,23H,4-7H2,1-3H3,(H,21,26). The molecule has 0 saturated heterocycles. The number of aromatic nitrogens is 4. The Labute approximate surface area is 157 Å². The van der Waals surface area contributed by atoms with Crippen molar-refractivity contribution in [1.29, 1.82) is 0 Å². The van der Waals surface area contributed by atoms with Crippen molar-refractivity contribution in [1.82, 2.24) is 19.8 Å². The fourth-order valence-electron chi connectivity index (χ4n) is 2.95. The summed E-state index contributed by atoms with van der Waals surface area (Å²) in [5.41, 5.74) is 3.09. The minimum absolute atomic E-state index is 0.0654. The zero-order chi connectivity index (χ0) is 18.7. The van der Waals surface area contributed by atoms with Gasteiger partial charge in [0, 0.05) is 17.2 Å². The second kappa shape index (κ2) is 7.91. The highest BCUT2D eigenvalue weighted by Crippen LogP contribution is 2.24. The Bertz CT molecular complexity index is 897. The summed E-state index contributed by atoms with van der Waals surface area (Å²) in [6.45, 7) is 6.07. The van der Waals surface area contributed by atoms with Gasteiger partial charge >= 0.3 is 0 Å². The van der Waals surface area contributed by atoms with E-state index < -0.39 is 0 Å². The Hall–Kier alpha value is -2.34. The maximum absolute atomic E-state index is 12.4. The first-order valence-corrected chi connectivity index (χ1v) is 9.43. The van der Waals surface area contributed by atoms with E-state index in [2.05, 4.69) is 34.3 Å². The average Bonchev–Trinajstić information content (AvgIpc) is 3.16. The van der Waals surface area contributed by atoms with Gasteiger partial charge in [-0.2, -0.15) is 4.63 Å². The summed E-state index contributed by atoms with van der Waals surface area (Å²) < 4.78 is 1.57. The number of carbonyl (C=O) groups is 1. The summed E-state index contributed by atoms with van der Waals surface area (Å²) in [5.74, 6) is 0.741. The third-order valence-electron chi connectivity index (χ3n) is 4.59. The van der Waals surface area contributed by atoms with Gasteiger partial charge in [0.15, 0.2) is 11.5 Å². The molecule has 138 valence electrons. The number of nitrogens with one attached hydrogen (secondary N) is 2. The first-order chi connectivity index (χ1) is 12.5. The molecule has 2 aromatic heterocycles. The molecule has 0 aliphatic carbocycles. The number of benzene rings is 1. The molecule has 0 aliphatic heterocycles. The molecule has 7 heteroatoms. The second-order valence-corrected chi connectivity index (χ2v) is 6.91. The number of unbranched alkanes of at least 4 members (excludes halogenated alkanes) is 1. The molecule has 2 N–H and O–H groups in total. The summed E-state index contributed by atoms with van der Waals surface area (Å²) in [6, 6.07) is 7.56. The van der Waals surface area contributed by atoms with Crippen LogP contribution in [0.25, 0.3) is 17.0 Å². The zero-order valence-electron chi connectivity index (χ0n) is 15.3. The molecular formula is C19H24ClN5O. The van der Waals surface area contributed by atoms with Gasteiger partial charge in [-0.3, -0.25) is 9.89 Å². The van der Waals surface area contributed by atoms with Crippen molar-refractivity contribution in [3.63, 3.8) is 0 Å². The molecule has 0 bridgehead atoms. The zero-order valence-corrected chi connectivity index (χ0v) is 16.1. The van der Waals surface area contributed by atoms with Crippen molar-refractivity contribution in [2.45, 2.75) is 46.5 Å². The van der Waals surface area contributed by atoms with Crippen molar-refractivity contribution in [3.05, 3.63) is 35.0 Å². The van der Waals surface area contributed by atoms with E-state index in [9.17, 15) is 4.79 Å². The number of anilines is 1. The lowest BCUT2D eigenvalue weighted by Crippen LogP contribution is -2.22. The molecule has 0 saturated carbocycles. The number of rotatable bonds is 7. The van der Waals surface area contributed by atoms with Crippen LogP contribution >= 0.6 is 11.6 Å². The van der Waals surface area contributed by atoms with E-state index in [0.717, 1.165) is 42.6 Å². The van der Waals surface area contributed by atoms with Gasteiger partial charge in [-0.25, -0.2) is 4.98 Å². The lowest BCUT2D eigenvalue weighted by Gasteiger charge is -2.14. The topological polar surface area (TPSA) is 75.1 Å². The van der Waals surface area contributed by atoms with Crippen LogP contribution in [-0.2, 0) is 4.79 Å². The van der Waals surface area contributed by atoms with Crippen LogP contribution in [0, 0.1) is 12.8 Å². The Morgan fingerprint density at radius 3 is 2.65 bits per heavy atom. The first-order valence-electron chi connectivity index (χ1n) is 9.05. The van der Waals surface area contributed by atoms with Gasteiger partial charge in [0.25, 0.3) is 0 Å². The molecule has 0 radical (unpaired) electrons. The highest BCUT2D eigenvalue weighted by Gasteiger charge is 2.16. The second-order valence-electron chi connectivity index (χ2n) is 6.54. The average molecular weight is 374 g/mol. The van der Waals surface area contributed by atoms with Gasteiger partial charge in [-0.1, -0.05) is 38.3 Å². The number of halogens is 1. The SMILES string of the molecule is CCCCC(CC)C(=O)Nc1ccc(-c2nc3c(Cl)c(C)[nH]n3n2)cc1. The quantitative estimate of drug-likeness (QED) is 0.622. The van der Waals surface area contributed by atoms with E-state index in [0.29, 0.717) is 16.5 Å². The monoisotopic (exact) mass is 373 g/mol. The minimum atomic E-state index is 0.0654. The number of amides is 1. The van der Waals surface area contributed by atoms with Crippen molar-refractivity contribution in [2.75, 3.05) is 5.32 Å². The fourth-order valence-corrected chi connectivity index (χ4v) is 3.11. The molecule has 6 nitrogen and oxygen atoms in total. The Balaban J connectivity index is 1.72. The van der Waals surface area contributed by atoms with Gasteiger partial charge in [0.1, 0.15) is 5.02 Å². The molecule has 0 aliphatic rings. The van der Waals surface area contributed by atoms with Gasteiger partial charge in [0.05, 0.1) is 5.69 Å². The molecule has 1 aromatic carbocycles. The van der Waals surface area contributed by atoms with Crippen LogP contribution in [0.1, 0.15) is 45.2 Å². The molecule has 26 heavy (non-hydrogen) atoms. The summed E-state index contributed by atoms with van der Waals surface area (Å²) in [4.78, 5) is 16.9. The molecule has 1 unspecified atom stereocenters. The number of hydrogen-bond acceptors (Lipinski definition) is 3. The number of aryl methyl sites for hydroxylation is 1. The smallest absolute Gasteiger partial charge is 0.227 e. The van der Waals surface area contributed by atoms with Crippen molar-refractivity contribution in [2.24, 2.45) is 5.92 Å². The summed E-state index contributed by atoms with van der Waals surface area (Å²) >= 11 is 6.20. The first kappa shape index (κ1) is 18.5. The number of hydrogen-bond donors (Lipinski definition) is 2. The summed E-state index contributed by atoms with van der Waals surface area (Å²) in [6.07, 6.45) is 3.97.